The van der Waals surface area contributed by atoms with Gasteiger partial charge >= 0.3 is 0 Å². The molecule has 0 fully saturated rings. The lowest BCUT2D eigenvalue weighted by Crippen LogP contribution is -2.41. The second-order valence-corrected chi connectivity index (χ2v) is 5.21. The van der Waals surface area contributed by atoms with Gasteiger partial charge in [0.25, 0.3) is 17.5 Å². The third-order valence-corrected chi connectivity index (χ3v) is 3.25. The van der Waals surface area contributed by atoms with Crippen molar-refractivity contribution in [3.8, 4) is 0 Å². The van der Waals surface area contributed by atoms with Crippen LogP contribution in [0.5, 0.6) is 0 Å². The summed E-state index contributed by atoms with van der Waals surface area (Å²) in [6.07, 6.45) is 0. The number of nitrogens with one attached hydrogen (secondary N) is 2. The topological polar surface area (TPSA) is 101 Å². The number of amides is 2. The van der Waals surface area contributed by atoms with Crippen LogP contribution in [0.15, 0.2) is 42.5 Å². The van der Waals surface area contributed by atoms with Crippen LogP contribution < -0.4 is 10.9 Å². The number of hydrogen-bond donors (Lipinski definition) is 2. The molecule has 118 valence electrons. The van der Waals surface area contributed by atoms with Crippen LogP contribution in [0.3, 0.4) is 0 Å². The fraction of sp³-hybridized carbons (Fsp3) is 0. The van der Waals surface area contributed by atoms with Gasteiger partial charge in [0.15, 0.2) is 0 Å². The lowest BCUT2D eigenvalue weighted by molar-refractivity contribution is -0.385. The molecule has 23 heavy (non-hydrogen) atoms. The minimum atomic E-state index is -0.866. The fourth-order valence-corrected chi connectivity index (χ4v) is 2.09. The maximum Gasteiger partial charge on any atom is 0.282 e. The number of carbonyl (C=O) groups excluding carboxylic acids is 2. The first-order valence-electron chi connectivity index (χ1n) is 6.18. The van der Waals surface area contributed by atoms with Crippen molar-refractivity contribution in [2.45, 2.75) is 0 Å². The molecular formula is C14H9Cl2N3O4. The molecule has 9 heteroatoms. The van der Waals surface area contributed by atoms with Crippen LogP contribution in [0.4, 0.5) is 5.69 Å². The van der Waals surface area contributed by atoms with Gasteiger partial charge in [-0.05, 0) is 30.3 Å². The van der Waals surface area contributed by atoms with Gasteiger partial charge in [0.05, 0.1) is 4.92 Å². The molecule has 2 amide bonds. The average Bonchev–Trinajstić information content (AvgIpc) is 2.51. The second-order valence-electron chi connectivity index (χ2n) is 4.34. The monoisotopic (exact) mass is 353 g/mol. The van der Waals surface area contributed by atoms with E-state index in [9.17, 15) is 19.7 Å². The first-order valence-corrected chi connectivity index (χ1v) is 6.94. The summed E-state index contributed by atoms with van der Waals surface area (Å²) in [6.45, 7) is 0. The van der Waals surface area contributed by atoms with Gasteiger partial charge in [0, 0.05) is 21.7 Å². The van der Waals surface area contributed by atoms with Crippen LogP contribution in [-0.4, -0.2) is 16.7 Å². The summed E-state index contributed by atoms with van der Waals surface area (Å²) in [5, 5.41) is 11.4. The molecule has 0 bridgehead atoms. The van der Waals surface area contributed by atoms with E-state index in [0.29, 0.717) is 5.02 Å². The SMILES string of the molecule is O=C(NNC(=O)c1cc(Cl)ccc1[N+](=O)[O-])c1cccc(Cl)c1. The van der Waals surface area contributed by atoms with E-state index in [1.165, 1.54) is 18.2 Å². The van der Waals surface area contributed by atoms with Crippen molar-refractivity contribution < 1.29 is 14.5 Å². The molecule has 2 aromatic rings. The number of halogens is 2. The molecular weight excluding hydrogens is 345 g/mol. The highest BCUT2D eigenvalue weighted by atomic mass is 35.5. The van der Waals surface area contributed by atoms with Crippen molar-refractivity contribution in [1.29, 1.82) is 0 Å². The summed E-state index contributed by atoms with van der Waals surface area (Å²) in [6, 6.07) is 9.60. The van der Waals surface area contributed by atoms with Gasteiger partial charge in [0.1, 0.15) is 5.56 Å². The van der Waals surface area contributed by atoms with E-state index < -0.39 is 22.4 Å². The van der Waals surface area contributed by atoms with Crippen LogP contribution >= 0.6 is 23.2 Å². The summed E-state index contributed by atoms with van der Waals surface area (Å²) in [5.74, 6) is -1.49. The Labute approximate surface area is 140 Å². The van der Waals surface area contributed by atoms with E-state index in [0.717, 1.165) is 12.1 Å². The molecule has 0 radical (unpaired) electrons. The molecule has 2 N–H and O–H groups in total. The van der Waals surface area contributed by atoms with Gasteiger partial charge in [-0.15, -0.1) is 0 Å². The van der Waals surface area contributed by atoms with E-state index in [-0.39, 0.29) is 16.1 Å². The van der Waals surface area contributed by atoms with Crippen LogP contribution in [0.1, 0.15) is 20.7 Å². The summed E-state index contributed by atoms with van der Waals surface area (Å²) in [5.41, 5.74) is 3.77. The predicted octanol–water partition coefficient (Wildman–Crippen LogP) is 2.98. The van der Waals surface area contributed by atoms with Gasteiger partial charge in [0.2, 0.25) is 0 Å². The van der Waals surface area contributed by atoms with E-state index >= 15 is 0 Å². The van der Waals surface area contributed by atoms with Crippen molar-refractivity contribution in [3.63, 3.8) is 0 Å². The van der Waals surface area contributed by atoms with Crippen molar-refractivity contribution in [2.24, 2.45) is 0 Å². The molecule has 0 atom stereocenters. The molecule has 0 aliphatic rings. The molecule has 0 saturated heterocycles. The first kappa shape index (κ1) is 16.7. The highest BCUT2D eigenvalue weighted by molar-refractivity contribution is 6.31. The highest BCUT2D eigenvalue weighted by Crippen LogP contribution is 2.22. The third kappa shape index (κ3) is 4.18. The molecule has 0 saturated carbocycles. The number of nitro groups is 1. The summed E-state index contributed by atoms with van der Waals surface area (Å²) in [7, 11) is 0. The van der Waals surface area contributed by atoms with Crippen molar-refractivity contribution >= 4 is 40.7 Å². The van der Waals surface area contributed by atoms with E-state index in [1.807, 2.05) is 0 Å². The maximum atomic E-state index is 12.0. The van der Waals surface area contributed by atoms with Gasteiger partial charge in [-0.25, -0.2) is 0 Å². The Bertz CT molecular complexity index is 795. The fourth-order valence-electron chi connectivity index (χ4n) is 1.73. The lowest BCUT2D eigenvalue weighted by Gasteiger charge is -2.08. The van der Waals surface area contributed by atoms with Gasteiger partial charge < -0.3 is 0 Å². The minimum absolute atomic E-state index is 0.155. The maximum absolute atomic E-state index is 12.0. The molecule has 2 aromatic carbocycles. The van der Waals surface area contributed by atoms with E-state index in [4.69, 9.17) is 23.2 Å². The molecule has 0 spiro atoms. The Kier molecular flexibility index (Phi) is 5.15. The molecule has 0 aliphatic heterocycles. The van der Waals surface area contributed by atoms with Crippen molar-refractivity contribution in [1.82, 2.24) is 10.9 Å². The molecule has 0 aromatic heterocycles. The van der Waals surface area contributed by atoms with Crippen LogP contribution in [-0.2, 0) is 0 Å². The molecule has 0 unspecified atom stereocenters. The summed E-state index contributed by atoms with van der Waals surface area (Å²) < 4.78 is 0. The zero-order valence-electron chi connectivity index (χ0n) is 11.4. The van der Waals surface area contributed by atoms with E-state index in [2.05, 4.69) is 10.9 Å². The zero-order valence-corrected chi connectivity index (χ0v) is 12.9. The normalized spacial score (nSPS) is 10.0. The smallest absolute Gasteiger partial charge is 0.267 e. The number of benzene rings is 2. The van der Waals surface area contributed by atoms with Gasteiger partial charge in [-0.1, -0.05) is 29.3 Å². The van der Waals surface area contributed by atoms with Crippen LogP contribution in [0.25, 0.3) is 0 Å². The minimum Gasteiger partial charge on any atom is -0.267 e. The predicted molar refractivity (Wildman–Crippen MR) is 84.5 cm³/mol. The Morgan fingerprint density at radius 1 is 0.957 bits per heavy atom. The summed E-state index contributed by atoms with van der Waals surface area (Å²) in [4.78, 5) is 34.1. The molecule has 0 heterocycles. The quantitative estimate of drug-likeness (QED) is 0.654. The van der Waals surface area contributed by atoms with Crippen molar-refractivity contribution in [2.75, 3.05) is 0 Å². The summed E-state index contributed by atoms with van der Waals surface area (Å²) >= 11 is 11.5. The largest absolute Gasteiger partial charge is 0.282 e. The van der Waals surface area contributed by atoms with Crippen LogP contribution in [0.2, 0.25) is 10.0 Å². The Balaban J connectivity index is 2.12. The zero-order chi connectivity index (χ0) is 17.0. The Morgan fingerprint density at radius 2 is 1.61 bits per heavy atom. The number of hydrogen-bond acceptors (Lipinski definition) is 4. The van der Waals surface area contributed by atoms with Gasteiger partial charge in [-0.3, -0.25) is 30.6 Å². The highest BCUT2D eigenvalue weighted by Gasteiger charge is 2.21. The first-order chi connectivity index (χ1) is 10.9. The van der Waals surface area contributed by atoms with Crippen LogP contribution in [0, 0.1) is 10.1 Å². The number of carbonyl (C=O) groups is 2. The Morgan fingerprint density at radius 3 is 2.26 bits per heavy atom. The standard InChI is InChI=1S/C14H9Cl2N3O4/c15-9-3-1-2-8(6-9)13(20)17-18-14(21)11-7-10(16)4-5-12(11)19(22)23/h1-7H,(H,17,20)(H,18,21). The number of nitro benzene ring substituents is 1. The Hall–Kier alpha value is -2.64. The lowest BCUT2D eigenvalue weighted by atomic mass is 10.1. The molecule has 2 rings (SSSR count). The third-order valence-electron chi connectivity index (χ3n) is 2.78. The van der Waals surface area contributed by atoms with Crippen molar-refractivity contribution in [3.05, 3.63) is 73.8 Å². The molecule has 7 nitrogen and oxygen atoms in total. The average molecular weight is 354 g/mol. The number of hydrazine groups is 1. The molecule has 0 aliphatic carbocycles. The van der Waals surface area contributed by atoms with Gasteiger partial charge in [-0.2, -0.15) is 0 Å². The number of rotatable bonds is 3. The number of nitrogens with zero attached hydrogens (tertiary/aromatic N) is 1. The van der Waals surface area contributed by atoms with E-state index in [1.54, 1.807) is 12.1 Å². The second kappa shape index (κ2) is 7.08.